The minimum Gasteiger partial charge on any atom is -0.478 e. The highest BCUT2D eigenvalue weighted by Gasteiger charge is 2.08. The van der Waals surface area contributed by atoms with Gasteiger partial charge in [-0.1, -0.05) is 6.92 Å². The van der Waals surface area contributed by atoms with E-state index in [1.54, 1.807) is 18.2 Å². The van der Waals surface area contributed by atoms with Crippen molar-refractivity contribution in [3.05, 3.63) is 28.2 Å². The molecule has 1 aromatic carbocycles. The molecule has 1 aromatic rings. The van der Waals surface area contributed by atoms with Gasteiger partial charge in [-0.3, -0.25) is 0 Å². The maximum atomic E-state index is 10.8. The van der Waals surface area contributed by atoms with Crippen LogP contribution in [0.3, 0.4) is 0 Å². The third-order valence-electron chi connectivity index (χ3n) is 2.48. The number of rotatable bonds is 6. The summed E-state index contributed by atoms with van der Waals surface area (Å²) in [6.07, 6.45) is 1.13. The van der Waals surface area contributed by atoms with Crippen molar-refractivity contribution in [3.8, 4) is 0 Å². The second kappa shape index (κ2) is 6.61. The number of benzene rings is 1. The average Bonchev–Trinajstić information content (AvgIpc) is 2.28. The Labute approximate surface area is 109 Å². The van der Waals surface area contributed by atoms with Gasteiger partial charge in [-0.2, -0.15) is 0 Å². The number of carboxylic acids is 1. The van der Waals surface area contributed by atoms with Gasteiger partial charge in [0, 0.05) is 16.7 Å². The molecule has 5 heteroatoms. The molecule has 0 aliphatic carbocycles. The molecule has 0 bridgehead atoms. The number of carboxylic acid groups (broad SMARTS) is 1. The van der Waals surface area contributed by atoms with Gasteiger partial charge in [0.2, 0.25) is 0 Å². The molecule has 0 saturated heterocycles. The fraction of sp³-hybridized carbons (Fsp3) is 0.417. The number of aliphatic hydroxyl groups excluding tert-OH is 1. The molecule has 3 N–H and O–H groups in total. The number of carbonyl (C=O) groups is 1. The summed E-state index contributed by atoms with van der Waals surface area (Å²) in [5.41, 5.74) is 1.08. The number of hydrogen-bond donors (Lipinski definition) is 3. The van der Waals surface area contributed by atoms with Crippen LogP contribution in [0.2, 0.25) is 0 Å². The zero-order valence-electron chi connectivity index (χ0n) is 9.61. The van der Waals surface area contributed by atoms with Crippen LogP contribution in [0.5, 0.6) is 0 Å². The van der Waals surface area contributed by atoms with Crippen LogP contribution in [0.15, 0.2) is 22.7 Å². The average molecular weight is 302 g/mol. The maximum absolute atomic E-state index is 10.8. The number of hydrogen-bond acceptors (Lipinski definition) is 3. The second-order valence-electron chi connectivity index (χ2n) is 3.78. The molecule has 0 aromatic heterocycles. The summed E-state index contributed by atoms with van der Waals surface area (Å²) in [4.78, 5) is 10.8. The first kappa shape index (κ1) is 14.0. The summed E-state index contributed by atoms with van der Waals surface area (Å²) in [6, 6.07) is 4.99. The maximum Gasteiger partial charge on any atom is 0.336 e. The number of aromatic carboxylic acids is 1. The quantitative estimate of drug-likeness (QED) is 0.755. The first-order chi connectivity index (χ1) is 8.04. The second-order valence-corrected chi connectivity index (χ2v) is 4.63. The molecule has 0 radical (unpaired) electrons. The first-order valence-electron chi connectivity index (χ1n) is 5.49. The lowest BCUT2D eigenvalue weighted by Crippen LogP contribution is -2.12. The van der Waals surface area contributed by atoms with Gasteiger partial charge in [0.05, 0.1) is 11.7 Å². The minimum absolute atomic E-state index is 0.240. The molecule has 0 aliphatic heterocycles. The van der Waals surface area contributed by atoms with E-state index in [0.29, 0.717) is 17.4 Å². The highest BCUT2D eigenvalue weighted by atomic mass is 79.9. The van der Waals surface area contributed by atoms with Crippen molar-refractivity contribution in [2.45, 2.75) is 25.9 Å². The summed E-state index contributed by atoms with van der Waals surface area (Å²) in [7, 11) is 0. The molecule has 0 heterocycles. The van der Waals surface area contributed by atoms with Crippen molar-refractivity contribution < 1.29 is 15.0 Å². The summed E-state index contributed by atoms with van der Waals surface area (Å²) >= 11 is 3.21. The van der Waals surface area contributed by atoms with Gasteiger partial charge in [-0.05, 0) is 47.0 Å². The third kappa shape index (κ3) is 4.36. The van der Waals surface area contributed by atoms with E-state index < -0.39 is 5.97 Å². The predicted octanol–water partition coefficient (Wildman–Crippen LogP) is 2.72. The Kier molecular flexibility index (Phi) is 5.44. The van der Waals surface area contributed by atoms with Crippen LogP contribution in [0.1, 0.15) is 30.1 Å². The Morgan fingerprint density at radius 3 is 2.76 bits per heavy atom. The molecule has 0 amide bonds. The van der Waals surface area contributed by atoms with E-state index in [0.717, 1.165) is 12.1 Å². The van der Waals surface area contributed by atoms with E-state index in [-0.39, 0.29) is 11.7 Å². The smallest absolute Gasteiger partial charge is 0.336 e. The number of halogens is 1. The van der Waals surface area contributed by atoms with E-state index in [1.165, 1.54) is 0 Å². The highest BCUT2D eigenvalue weighted by Crippen LogP contribution is 2.21. The van der Waals surface area contributed by atoms with Crippen molar-refractivity contribution in [1.29, 1.82) is 0 Å². The molecule has 4 nitrogen and oxygen atoms in total. The molecule has 1 rings (SSSR count). The molecule has 0 aliphatic rings. The third-order valence-corrected chi connectivity index (χ3v) is 3.13. The molecule has 1 unspecified atom stereocenters. The number of nitrogens with one attached hydrogen (secondary N) is 1. The zero-order chi connectivity index (χ0) is 12.8. The minimum atomic E-state index is -0.954. The van der Waals surface area contributed by atoms with Gasteiger partial charge >= 0.3 is 5.97 Å². The molecular weight excluding hydrogens is 286 g/mol. The van der Waals surface area contributed by atoms with Crippen molar-refractivity contribution in [3.63, 3.8) is 0 Å². The molecule has 0 saturated carbocycles. The van der Waals surface area contributed by atoms with Gasteiger partial charge in [-0.25, -0.2) is 4.79 Å². The van der Waals surface area contributed by atoms with Gasteiger partial charge in [0.15, 0.2) is 0 Å². The zero-order valence-corrected chi connectivity index (χ0v) is 11.2. The summed E-state index contributed by atoms with van der Waals surface area (Å²) in [5, 5.41) is 21.4. The normalized spacial score (nSPS) is 12.2. The van der Waals surface area contributed by atoms with E-state index in [1.807, 2.05) is 6.92 Å². The van der Waals surface area contributed by atoms with Gasteiger partial charge < -0.3 is 15.5 Å². The van der Waals surface area contributed by atoms with Crippen LogP contribution >= 0.6 is 15.9 Å². The van der Waals surface area contributed by atoms with Crippen LogP contribution in [0.25, 0.3) is 0 Å². The highest BCUT2D eigenvalue weighted by molar-refractivity contribution is 9.10. The van der Waals surface area contributed by atoms with Crippen molar-refractivity contribution in [2.75, 3.05) is 11.9 Å². The first-order valence-corrected chi connectivity index (χ1v) is 6.28. The Morgan fingerprint density at radius 2 is 2.24 bits per heavy atom. The Hall–Kier alpha value is -1.07. The van der Waals surface area contributed by atoms with Gasteiger partial charge in [-0.15, -0.1) is 0 Å². The molecule has 0 spiro atoms. The van der Waals surface area contributed by atoms with Crippen LogP contribution in [-0.2, 0) is 0 Å². The molecular formula is C12H16BrNO3. The van der Waals surface area contributed by atoms with E-state index in [4.69, 9.17) is 5.11 Å². The number of aliphatic hydroxyl groups is 1. The topological polar surface area (TPSA) is 69.6 Å². The summed E-state index contributed by atoms with van der Waals surface area (Å²) in [6.45, 7) is 2.59. The van der Waals surface area contributed by atoms with E-state index in [2.05, 4.69) is 21.2 Å². The van der Waals surface area contributed by atoms with E-state index in [9.17, 15) is 9.90 Å². The monoisotopic (exact) mass is 301 g/mol. The van der Waals surface area contributed by atoms with Crippen molar-refractivity contribution in [2.24, 2.45) is 0 Å². The largest absolute Gasteiger partial charge is 0.478 e. The summed E-state index contributed by atoms with van der Waals surface area (Å²) in [5.74, 6) is -0.954. The fourth-order valence-corrected chi connectivity index (χ4v) is 1.93. The molecule has 94 valence electrons. The van der Waals surface area contributed by atoms with Crippen molar-refractivity contribution in [1.82, 2.24) is 0 Å². The van der Waals surface area contributed by atoms with Gasteiger partial charge in [0.1, 0.15) is 0 Å². The van der Waals surface area contributed by atoms with Crippen LogP contribution in [0.4, 0.5) is 5.69 Å². The Morgan fingerprint density at radius 1 is 1.53 bits per heavy atom. The summed E-state index contributed by atoms with van der Waals surface area (Å²) < 4.78 is 0.547. The van der Waals surface area contributed by atoms with Crippen LogP contribution in [-0.4, -0.2) is 28.8 Å². The van der Waals surface area contributed by atoms with E-state index >= 15 is 0 Å². The van der Waals surface area contributed by atoms with Crippen molar-refractivity contribution >= 4 is 27.6 Å². The lowest BCUT2D eigenvalue weighted by Gasteiger charge is -2.10. The Balaban J connectivity index is 2.56. The fourth-order valence-electron chi connectivity index (χ4n) is 1.39. The Bertz CT molecular complexity index is 395. The molecule has 17 heavy (non-hydrogen) atoms. The lowest BCUT2D eigenvalue weighted by atomic mass is 10.2. The van der Waals surface area contributed by atoms with Crippen LogP contribution < -0.4 is 5.32 Å². The standard InChI is InChI=1S/C12H16BrNO3/c1-2-9(15)5-6-14-8-3-4-10(12(16)17)11(13)7-8/h3-4,7,9,14-15H,2,5-6H2,1H3,(H,16,17). The number of anilines is 1. The van der Waals surface area contributed by atoms with Gasteiger partial charge in [0.25, 0.3) is 0 Å². The predicted molar refractivity (Wildman–Crippen MR) is 70.5 cm³/mol. The van der Waals surface area contributed by atoms with Crippen LogP contribution in [0, 0.1) is 0 Å². The lowest BCUT2D eigenvalue weighted by molar-refractivity contribution is 0.0696. The molecule has 0 fully saturated rings. The SMILES string of the molecule is CCC(O)CCNc1ccc(C(=O)O)c(Br)c1. The molecule has 1 atom stereocenters.